The summed E-state index contributed by atoms with van der Waals surface area (Å²) in [7, 11) is 0. The lowest BCUT2D eigenvalue weighted by Crippen LogP contribution is -1.63. The SMILES string of the molecule is C=CC(=C)C.C=CC(=C)C.C=CC(=C)C.C=Cc1ccccc1.C=Cc1ccccc1. The van der Waals surface area contributed by atoms with Gasteiger partial charge in [0.25, 0.3) is 0 Å². The summed E-state index contributed by atoms with van der Waals surface area (Å²) in [4.78, 5) is 0. The van der Waals surface area contributed by atoms with Crippen LogP contribution in [0.3, 0.4) is 0 Å². The molecule has 0 heteroatoms. The van der Waals surface area contributed by atoms with Gasteiger partial charge in [0.2, 0.25) is 0 Å². The molecule has 0 aliphatic heterocycles. The summed E-state index contributed by atoms with van der Waals surface area (Å²) in [6.45, 7) is 34.0. The fourth-order valence-corrected chi connectivity index (χ4v) is 1.18. The Labute approximate surface area is 192 Å². The van der Waals surface area contributed by atoms with Gasteiger partial charge in [0.15, 0.2) is 0 Å². The van der Waals surface area contributed by atoms with Gasteiger partial charge in [-0.3, -0.25) is 0 Å². The van der Waals surface area contributed by atoms with E-state index in [0.29, 0.717) is 0 Å². The van der Waals surface area contributed by atoms with Crippen molar-refractivity contribution in [1.29, 1.82) is 0 Å². The molecule has 0 nitrogen and oxygen atoms in total. The van der Waals surface area contributed by atoms with Crippen molar-refractivity contribution in [2.75, 3.05) is 0 Å². The standard InChI is InChI=1S/2C8H8.3C5H8/c2*1-2-8-6-4-3-5-7-8;3*1-4-5(2)3/h2*2-7H,1H2;3*4H,1-2H2,3H3. The quantitative estimate of drug-likeness (QED) is 0.428. The van der Waals surface area contributed by atoms with Gasteiger partial charge in [-0.2, -0.15) is 0 Å². The summed E-state index contributed by atoms with van der Waals surface area (Å²) < 4.78 is 0. The Morgan fingerprint density at radius 3 is 0.774 bits per heavy atom. The fourth-order valence-electron chi connectivity index (χ4n) is 1.18. The Kier molecular flexibility index (Phi) is 25.2. The fraction of sp³-hybridized carbons (Fsp3) is 0.0968. The molecule has 0 aliphatic rings. The summed E-state index contributed by atoms with van der Waals surface area (Å²) >= 11 is 0. The van der Waals surface area contributed by atoms with Crippen molar-refractivity contribution in [2.24, 2.45) is 0 Å². The molecule has 0 amide bonds. The number of rotatable bonds is 5. The number of benzene rings is 2. The Bertz CT molecular complexity index is 700. The van der Waals surface area contributed by atoms with Crippen molar-refractivity contribution in [1.82, 2.24) is 0 Å². The van der Waals surface area contributed by atoms with E-state index in [0.717, 1.165) is 16.7 Å². The molecule has 0 spiro atoms. The van der Waals surface area contributed by atoms with E-state index in [4.69, 9.17) is 0 Å². The lowest BCUT2D eigenvalue weighted by Gasteiger charge is -1.85. The zero-order chi connectivity index (χ0) is 24.5. The Morgan fingerprint density at radius 1 is 0.484 bits per heavy atom. The first-order valence-electron chi connectivity index (χ1n) is 9.87. The lowest BCUT2D eigenvalue weighted by atomic mass is 10.2. The van der Waals surface area contributed by atoms with Crippen molar-refractivity contribution < 1.29 is 0 Å². The summed E-state index contributed by atoms with van der Waals surface area (Å²) in [6.07, 6.45) is 8.83. The van der Waals surface area contributed by atoms with Crippen LogP contribution in [-0.4, -0.2) is 0 Å². The van der Waals surface area contributed by atoms with Crippen molar-refractivity contribution in [2.45, 2.75) is 20.8 Å². The Morgan fingerprint density at radius 2 is 0.677 bits per heavy atom. The topological polar surface area (TPSA) is 0 Å². The number of hydrogen-bond acceptors (Lipinski definition) is 0. The Hall–Kier alpha value is -3.64. The van der Waals surface area contributed by atoms with E-state index in [9.17, 15) is 0 Å². The average Bonchev–Trinajstić information content (AvgIpc) is 2.81. The minimum Gasteiger partial charge on any atom is -0.0988 e. The van der Waals surface area contributed by atoms with E-state index in [1.807, 2.05) is 93.6 Å². The highest BCUT2D eigenvalue weighted by Crippen LogP contribution is 1.98. The van der Waals surface area contributed by atoms with Crippen molar-refractivity contribution in [3.05, 3.63) is 159 Å². The second-order valence-electron chi connectivity index (χ2n) is 6.38. The van der Waals surface area contributed by atoms with Crippen LogP contribution in [-0.2, 0) is 0 Å². The molecule has 0 N–H and O–H groups in total. The van der Waals surface area contributed by atoms with E-state index in [2.05, 4.69) is 52.6 Å². The summed E-state index contributed by atoms with van der Waals surface area (Å²) in [6, 6.07) is 20.1. The maximum atomic E-state index is 3.63. The lowest BCUT2D eigenvalue weighted by molar-refractivity contribution is 1.58. The number of allylic oxidation sites excluding steroid dienone is 6. The predicted molar refractivity (Wildman–Crippen MR) is 148 cm³/mol. The molecule has 0 saturated heterocycles. The van der Waals surface area contributed by atoms with Crippen LogP contribution in [0.5, 0.6) is 0 Å². The molecule has 2 aromatic carbocycles. The van der Waals surface area contributed by atoms with E-state index in [-0.39, 0.29) is 0 Å². The van der Waals surface area contributed by atoms with E-state index in [1.54, 1.807) is 18.2 Å². The molecular weight excluding hydrogens is 372 g/mol. The van der Waals surface area contributed by atoms with Gasteiger partial charge in [-0.15, -0.1) is 0 Å². The summed E-state index contributed by atoms with van der Waals surface area (Å²) in [5.41, 5.74) is 5.40. The maximum absolute atomic E-state index is 3.63. The van der Waals surface area contributed by atoms with Gasteiger partial charge >= 0.3 is 0 Å². The molecule has 0 saturated carbocycles. The molecule has 2 aromatic rings. The Balaban J connectivity index is -0.000000324. The molecule has 0 unspecified atom stereocenters. The highest BCUT2D eigenvalue weighted by molar-refractivity contribution is 5.46. The summed E-state index contributed by atoms with van der Waals surface area (Å²) in [5.74, 6) is 0. The first kappa shape index (κ1) is 32.0. The predicted octanol–water partition coefficient (Wildman–Crippen LogP) is 9.90. The van der Waals surface area contributed by atoms with E-state index in [1.165, 1.54) is 11.1 Å². The molecule has 0 atom stereocenters. The molecule has 0 radical (unpaired) electrons. The van der Waals surface area contributed by atoms with Gasteiger partial charge in [0, 0.05) is 0 Å². The van der Waals surface area contributed by atoms with Crippen LogP contribution in [0, 0.1) is 0 Å². The molecule has 0 heterocycles. The molecule has 2 rings (SSSR count). The van der Waals surface area contributed by atoms with Crippen LogP contribution in [0.25, 0.3) is 12.2 Å². The zero-order valence-corrected chi connectivity index (χ0v) is 19.8. The highest BCUT2D eigenvalue weighted by Gasteiger charge is 1.76. The van der Waals surface area contributed by atoms with E-state index < -0.39 is 0 Å². The minimum atomic E-state index is 1.02. The third-order valence-corrected chi connectivity index (χ3v) is 3.12. The van der Waals surface area contributed by atoms with E-state index >= 15 is 0 Å². The summed E-state index contributed by atoms with van der Waals surface area (Å²) in [5, 5.41) is 0. The monoisotopic (exact) mass is 412 g/mol. The zero-order valence-electron chi connectivity index (χ0n) is 19.8. The normalized spacial score (nSPS) is 7.58. The van der Waals surface area contributed by atoms with Gasteiger partial charge in [-0.05, 0) is 31.9 Å². The molecule has 164 valence electrons. The largest absolute Gasteiger partial charge is 0.0988 e. The van der Waals surface area contributed by atoms with Crippen LogP contribution in [0.15, 0.2) is 148 Å². The smallest absolute Gasteiger partial charge is 0.0263 e. The first-order valence-corrected chi connectivity index (χ1v) is 9.87. The minimum absolute atomic E-state index is 1.02. The van der Waals surface area contributed by atoms with Crippen LogP contribution in [0.2, 0.25) is 0 Å². The van der Waals surface area contributed by atoms with Gasteiger partial charge in [0.1, 0.15) is 0 Å². The van der Waals surface area contributed by atoms with Crippen LogP contribution in [0.4, 0.5) is 0 Å². The molecule has 0 aromatic heterocycles. The first-order chi connectivity index (χ1) is 14.7. The van der Waals surface area contributed by atoms with Crippen LogP contribution >= 0.6 is 0 Å². The molecule has 0 aliphatic carbocycles. The van der Waals surface area contributed by atoms with Gasteiger partial charge in [0.05, 0.1) is 0 Å². The second kappa shape index (κ2) is 24.4. The molecule has 0 fully saturated rings. The third kappa shape index (κ3) is 31.3. The van der Waals surface area contributed by atoms with Crippen LogP contribution in [0.1, 0.15) is 31.9 Å². The maximum Gasteiger partial charge on any atom is -0.0263 e. The van der Waals surface area contributed by atoms with Crippen molar-refractivity contribution in [3.8, 4) is 0 Å². The van der Waals surface area contributed by atoms with Gasteiger partial charge in [-0.25, -0.2) is 0 Å². The highest BCUT2D eigenvalue weighted by atomic mass is 13.8. The van der Waals surface area contributed by atoms with Gasteiger partial charge < -0.3 is 0 Å². The molecular formula is C31H40. The number of hydrogen-bond donors (Lipinski definition) is 0. The van der Waals surface area contributed by atoms with Gasteiger partial charge in [-0.1, -0.05) is 160 Å². The molecule has 0 bridgehead atoms. The second-order valence-corrected chi connectivity index (χ2v) is 6.38. The third-order valence-electron chi connectivity index (χ3n) is 3.12. The van der Waals surface area contributed by atoms with Crippen LogP contribution < -0.4 is 0 Å². The molecule has 31 heavy (non-hydrogen) atoms. The van der Waals surface area contributed by atoms with Crippen molar-refractivity contribution in [3.63, 3.8) is 0 Å². The average molecular weight is 413 g/mol. The van der Waals surface area contributed by atoms with Crippen molar-refractivity contribution >= 4 is 12.2 Å².